The van der Waals surface area contributed by atoms with Gasteiger partial charge in [0.15, 0.2) is 0 Å². The van der Waals surface area contributed by atoms with Crippen molar-refractivity contribution in [2.75, 3.05) is 31.7 Å². The molecule has 5 nitrogen and oxygen atoms in total. The molecule has 0 spiro atoms. The molecule has 0 aliphatic heterocycles. The lowest BCUT2D eigenvalue weighted by atomic mass is 10.2. The van der Waals surface area contributed by atoms with E-state index < -0.39 is 6.10 Å². The maximum Gasteiger partial charge on any atom is 0.213 e. The second kappa shape index (κ2) is 11.3. The third-order valence-electron chi connectivity index (χ3n) is 3.02. The van der Waals surface area contributed by atoms with Crippen LogP contribution in [0.25, 0.3) is 0 Å². The van der Waals surface area contributed by atoms with E-state index in [4.69, 9.17) is 9.47 Å². The van der Waals surface area contributed by atoms with E-state index in [0.29, 0.717) is 25.6 Å². The van der Waals surface area contributed by atoms with Gasteiger partial charge in [-0.3, -0.25) is 0 Å². The number of aliphatic hydroxyl groups excluding tert-OH is 1. The second-order valence-electron chi connectivity index (χ2n) is 4.99. The maximum atomic E-state index is 9.82. The highest BCUT2D eigenvalue weighted by Gasteiger charge is 2.04. The highest BCUT2D eigenvalue weighted by atomic mass is 16.5. The minimum atomic E-state index is -0.511. The molecule has 120 valence electrons. The summed E-state index contributed by atoms with van der Waals surface area (Å²) in [5, 5.41) is 12.9. The van der Waals surface area contributed by atoms with Gasteiger partial charge in [0.25, 0.3) is 0 Å². The molecule has 1 heterocycles. The van der Waals surface area contributed by atoms with Crippen LogP contribution in [0.3, 0.4) is 0 Å². The fourth-order valence-electron chi connectivity index (χ4n) is 1.86. The van der Waals surface area contributed by atoms with E-state index in [1.54, 1.807) is 6.20 Å². The van der Waals surface area contributed by atoms with Crippen LogP contribution in [0.2, 0.25) is 0 Å². The van der Waals surface area contributed by atoms with E-state index in [1.165, 1.54) is 19.3 Å². The fourth-order valence-corrected chi connectivity index (χ4v) is 1.86. The monoisotopic (exact) mass is 296 g/mol. The van der Waals surface area contributed by atoms with Gasteiger partial charge in [-0.15, -0.1) is 0 Å². The van der Waals surface area contributed by atoms with Crippen molar-refractivity contribution in [2.45, 2.75) is 45.6 Å². The molecule has 5 heteroatoms. The normalized spacial score (nSPS) is 12.1. The van der Waals surface area contributed by atoms with Gasteiger partial charge in [0.05, 0.1) is 31.2 Å². The molecule has 0 radical (unpaired) electrons. The number of aromatic nitrogens is 1. The van der Waals surface area contributed by atoms with Crippen molar-refractivity contribution in [3.63, 3.8) is 0 Å². The standard InChI is InChI=1S/C16H28N2O3/c1-3-5-6-7-10-20-13-15(19)12-17-14-8-9-16(18-11-14)21-4-2/h8-9,11,15,17,19H,3-7,10,12-13H2,1-2H3. The minimum absolute atomic E-state index is 0.365. The molecule has 0 saturated carbocycles. The molecular formula is C16H28N2O3. The highest BCUT2D eigenvalue weighted by molar-refractivity contribution is 5.42. The van der Waals surface area contributed by atoms with Gasteiger partial charge in [0, 0.05) is 19.2 Å². The van der Waals surface area contributed by atoms with Crippen LogP contribution in [0.5, 0.6) is 5.88 Å². The summed E-state index contributed by atoms with van der Waals surface area (Å²) < 4.78 is 10.7. The molecule has 0 aliphatic carbocycles. The van der Waals surface area contributed by atoms with Crippen LogP contribution < -0.4 is 10.1 Å². The average Bonchev–Trinajstić information content (AvgIpc) is 2.50. The summed E-state index contributed by atoms with van der Waals surface area (Å²) in [6.45, 7) is 6.25. The second-order valence-corrected chi connectivity index (χ2v) is 4.99. The third-order valence-corrected chi connectivity index (χ3v) is 3.02. The summed E-state index contributed by atoms with van der Waals surface area (Å²) in [5.74, 6) is 0.610. The highest BCUT2D eigenvalue weighted by Crippen LogP contribution is 2.11. The Morgan fingerprint density at radius 3 is 2.76 bits per heavy atom. The minimum Gasteiger partial charge on any atom is -0.478 e. The SMILES string of the molecule is CCCCCCOCC(O)CNc1ccc(OCC)nc1. The molecule has 1 aromatic rings. The predicted molar refractivity (Wildman–Crippen MR) is 84.9 cm³/mol. The molecule has 1 atom stereocenters. The first kappa shape index (κ1) is 17.7. The Hall–Kier alpha value is -1.33. The Kier molecular flexibility index (Phi) is 9.57. The van der Waals surface area contributed by atoms with E-state index in [1.807, 2.05) is 19.1 Å². The number of nitrogens with zero attached hydrogens (tertiary/aromatic N) is 1. The van der Waals surface area contributed by atoms with Gasteiger partial charge in [0.2, 0.25) is 5.88 Å². The molecular weight excluding hydrogens is 268 g/mol. The van der Waals surface area contributed by atoms with Crippen LogP contribution in [-0.4, -0.2) is 42.6 Å². The molecule has 21 heavy (non-hydrogen) atoms. The zero-order valence-electron chi connectivity index (χ0n) is 13.2. The number of hydrogen-bond acceptors (Lipinski definition) is 5. The van der Waals surface area contributed by atoms with Crippen LogP contribution in [0.1, 0.15) is 39.5 Å². The Balaban J connectivity index is 2.10. The molecule has 1 rings (SSSR count). The first-order valence-corrected chi connectivity index (χ1v) is 7.84. The van der Waals surface area contributed by atoms with Gasteiger partial charge < -0.3 is 19.9 Å². The van der Waals surface area contributed by atoms with Crippen LogP contribution in [0.4, 0.5) is 5.69 Å². The summed E-state index contributed by atoms with van der Waals surface area (Å²) in [5.41, 5.74) is 0.862. The number of rotatable bonds is 12. The number of aliphatic hydroxyl groups is 1. The van der Waals surface area contributed by atoms with Crippen molar-refractivity contribution < 1.29 is 14.6 Å². The molecule has 1 aromatic heterocycles. The van der Waals surface area contributed by atoms with Gasteiger partial charge in [0.1, 0.15) is 0 Å². The van der Waals surface area contributed by atoms with Gasteiger partial charge in [-0.1, -0.05) is 26.2 Å². The molecule has 0 aliphatic rings. The fraction of sp³-hybridized carbons (Fsp3) is 0.688. The quantitative estimate of drug-likeness (QED) is 0.581. The van der Waals surface area contributed by atoms with Gasteiger partial charge in [-0.05, 0) is 19.4 Å². The number of anilines is 1. The van der Waals surface area contributed by atoms with Crippen molar-refractivity contribution in [2.24, 2.45) is 0 Å². The van der Waals surface area contributed by atoms with E-state index in [0.717, 1.165) is 18.7 Å². The molecule has 0 amide bonds. The lowest BCUT2D eigenvalue weighted by Gasteiger charge is -2.13. The average molecular weight is 296 g/mol. The zero-order valence-corrected chi connectivity index (χ0v) is 13.2. The van der Waals surface area contributed by atoms with E-state index in [-0.39, 0.29) is 0 Å². The smallest absolute Gasteiger partial charge is 0.213 e. The lowest BCUT2D eigenvalue weighted by molar-refractivity contribution is 0.0417. The lowest BCUT2D eigenvalue weighted by Crippen LogP contribution is -2.25. The zero-order chi connectivity index (χ0) is 15.3. The topological polar surface area (TPSA) is 63.6 Å². The molecule has 0 fully saturated rings. The first-order valence-electron chi connectivity index (χ1n) is 7.84. The van der Waals surface area contributed by atoms with Crippen LogP contribution in [-0.2, 0) is 4.74 Å². The summed E-state index contributed by atoms with van der Waals surface area (Å²) in [6, 6.07) is 3.69. The largest absolute Gasteiger partial charge is 0.478 e. The number of ether oxygens (including phenoxy) is 2. The summed E-state index contributed by atoms with van der Waals surface area (Å²) in [4.78, 5) is 4.15. The van der Waals surface area contributed by atoms with Crippen LogP contribution >= 0.6 is 0 Å². The Morgan fingerprint density at radius 1 is 1.24 bits per heavy atom. The number of nitrogens with one attached hydrogen (secondary N) is 1. The van der Waals surface area contributed by atoms with Crippen molar-refractivity contribution in [1.82, 2.24) is 4.98 Å². The number of pyridine rings is 1. The summed E-state index contributed by atoms with van der Waals surface area (Å²) in [6.07, 6.45) is 5.92. The molecule has 0 saturated heterocycles. The summed E-state index contributed by atoms with van der Waals surface area (Å²) >= 11 is 0. The number of hydrogen-bond donors (Lipinski definition) is 2. The Bertz CT molecular complexity index is 357. The molecule has 0 aromatic carbocycles. The van der Waals surface area contributed by atoms with Crippen molar-refractivity contribution in [1.29, 1.82) is 0 Å². The van der Waals surface area contributed by atoms with Crippen LogP contribution in [0.15, 0.2) is 18.3 Å². The maximum absolute atomic E-state index is 9.82. The van der Waals surface area contributed by atoms with Gasteiger partial charge in [-0.25, -0.2) is 4.98 Å². The van der Waals surface area contributed by atoms with Crippen molar-refractivity contribution in [3.8, 4) is 5.88 Å². The third kappa shape index (κ3) is 8.52. The van der Waals surface area contributed by atoms with Gasteiger partial charge in [-0.2, -0.15) is 0 Å². The first-order chi connectivity index (χ1) is 10.3. The van der Waals surface area contributed by atoms with E-state index >= 15 is 0 Å². The molecule has 0 bridgehead atoms. The van der Waals surface area contributed by atoms with E-state index in [2.05, 4.69) is 17.2 Å². The van der Waals surface area contributed by atoms with Crippen molar-refractivity contribution >= 4 is 5.69 Å². The molecule has 2 N–H and O–H groups in total. The molecule has 1 unspecified atom stereocenters. The number of unbranched alkanes of at least 4 members (excludes halogenated alkanes) is 3. The predicted octanol–water partition coefficient (Wildman–Crippen LogP) is 2.85. The van der Waals surface area contributed by atoms with Crippen molar-refractivity contribution in [3.05, 3.63) is 18.3 Å². The Labute approximate surface area is 127 Å². The van der Waals surface area contributed by atoms with Crippen LogP contribution in [0, 0.1) is 0 Å². The summed E-state index contributed by atoms with van der Waals surface area (Å²) in [7, 11) is 0. The van der Waals surface area contributed by atoms with Gasteiger partial charge >= 0.3 is 0 Å². The van der Waals surface area contributed by atoms with E-state index in [9.17, 15) is 5.11 Å². The Morgan fingerprint density at radius 2 is 2.10 bits per heavy atom.